The average molecular weight is 398 g/mol. The molecule has 29 heavy (non-hydrogen) atoms. The first kappa shape index (κ1) is 22.6. The number of benzene rings is 1. The Kier molecular flexibility index (Phi) is 7.17. The van der Waals surface area contributed by atoms with Crippen LogP contribution in [0.25, 0.3) is 0 Å². The number of carbonyl (C=O) groups is 3. The smallest absolute Gasteiger partial charge is 0.418 e. The second-order valence-electron chi connectivity index (χ2n) is 7.91. The third-order valence-electron chi connectivity index (χ3n) is 5.19. The summed E-state index contributed by atoms with van der Waals surface area (Å²) in [7, 11) is 0. The minimum Gasteiger partial charge on any atom is -0.449 e. The summed E-state index contributed by atoms with van der Waals surface area (Å²) in [5.41, 5.74) is 2.87. The van der Waals surface area contributed by atoms with Crippen LogP contribution >= 0.6 is 0 Å². The molecule has 156 valence electrons. The quantitative estimate of drug-likeness (QED) is 0.658. The van der Waals surface area contributed by atoms with Crippen molar-refractivity contribution in [3.8, 4) is 0 Å². The molecule has 0 saturated carbocycles. The van der Waals surface area contributed by atoms with Crippen molar-refractivity contribution in [3.05, 3.63) is 58.4 Å². The number of hydrogen-bond donors (Lipinski definition) is 0. The highest BCUT2D eigenvalue weighted by molar-refractivity contribution is 6.07. The van der Waals surface area contributed by atoms with Gasteiger partial charge in [-0.25, -0.2) is 4.79 Å². The fourth-order valence-corrected chi connectivity index (χ4v) is 3.76. The maximum absolute atomic E-state index is 13.3. The van der Waals surface area contributed by atoms with E-state index in [-0.39, 0.29) is 30.0 Å². The van der Waals surface area contributed by atoms with Crippen LogP contribution in [0.4, 0.5) is 4.79 Å². The number of ketones is 2. The molecule has 0 atom stereocenters. The van der Waals surface area contributed by atoms with Crippen LogP contribution in [0.2, 0.25) is 0 Å². The van der Waals surface area contributed by atoms with Gasteiger partial charge in [-0.1, -0.05) is 58.0 Å². The zero-order valence-corrected chi connectivity index (χ0v) is 18.4. The maximum atomic E-state index is 13.3. The molecule has 1 aromatic carbocycles. The highest BCUT2D eigenvalue weighted by atomic mass is 16.6. The summed E-state index contributed by atoms with van der Waals surface area (Å²) in [5, 5.41) is 0. The van der Waals surface area contributed by atoms with Gasteiger partial charge in [0.25, 0.3) is 0 Å². The second-order valence-corrected chi connectivity index (χ2v) is 7.91. The van der Waals surface area contributed by atoms with Gasteiger partial charge >= 0.3 is 6.09 Å². The third-order valence-corrected chi connectivity index (χ3v) is 5.19. The van der Waals surface area contributed by atoms with Crippen LogP contribution in [0.5, 0.6) is 0 Å². The van der Waals surface area contributed by atoms with Crippen LogP contribution in [-0.2, 0) is 14.3 Å². The van der Waals surface area contributed by atoms with Crippen LogP contribution in [0.3, 0.4) is 0 Å². The molecule has 0 aromatic heterocycles. The molecule has 0 bridgehead atoms. The van der Waals surface area contributed by atoms with Crippen molar-refractivity contribution < 1.29 is 19.1 Å². The molecule has 0 fully saturated rings. The monoisotopic (exact) mass is 397 g/mol. The van der Waals surface area contributed by atoms with Crippen molar-refractivity contribution >= 4 is 17.7 Å². The molecule has 1 heterocycles. The van der Waals surface area contributed by atoms with Gasteiger partial charge in [-0.3, -0.25) is 14.5 Å². The van der Waals surface area contributed by atoms with Crippen molar-refractivity contribution in [2.45, 2.75) is 54.4 Å². The lowest BCUT2D eigenvalue weighted by atomic mass is 9.74. The molecule has 1 aliphatic rings. The summed E-state index contributed by atoms with van der Waals surface area (Å²) in [5.74, 6) is -1.21. The standard InChI is InChI=1S/C24H31NO4/c1-8-29-24(28)25-16(6)19(22(26)14(2)3)21(18-12-10-9-11-13-18)20(17(25)7)23(27)15(4)5/h9-15,21H,8H2,1-7H3. The van der Waals surface area contributed by atoms with Crippen LogP contribution < -0.4 is 0 Å². The van der Waals surface area contributed by atoms with Crippen molar-refractivity contribution in [1.82, 2.24) is 4.90 Å². The van der Waals surface area contributed by atoms with E-state index in [0.717, 1.165) is 5.56 Å². The molecule has 2 rings (SSSR count). The van der Waals surface area contributed by atoms with Gasteiger partial charge in [0.1, 0.15) is 0 Å². The number of hydrogen-bond acceptors (Lipinski definition) is 4. The van der Waals surface area contributed by atoms with Gasteiger partial charge in [-0.05, 0) is 26.3 Å². The third kappa shape index (κ3) is 4.34. The number of ether oxygens (including phenoxy) is 1. The average Bonchev–Trinajstić information content (AvgIpc) is 2.67. The largest absolute Gasteiger partial charge is 0.449 e. The molecule has 0 N–H and O–H groups in total. The predicted molar refractivity (Wildman–Crippen MR) is 113 cm³/mol. The first-order valence-corrected chi connectivity index (χ1v) is 10.1. The lowest BCUT2D eigenvalue weighted by Crippen LogP contribution is -2.39. The van der Waals surface area contributed by atoms with E-state index in [2.05, 4.69) is 0 Å². The summed E-state index contributed by atoms with van der Waals surface area (Å²) in [6.07, 6.45) is -0.572. The molecule has 0 radical (unpaired) electrons. The van der Waals surface area contributed by atoms with E-state index in [1.54, 1.807) is 20.8 Å². The lowest BCUT2D eigenvalue weighted by molar-refractivity contribution is -0.119. The number of rotatable bonds is 6. The van der Waals surface area contributed by atoms with E-state index < -0.39 is 12.0 Å². The predicted octanol–water partition coefficient (Wildman–Crippen LogP) is 5.24. The maximum Gasteiger partial charge on any atom is 0.418 e. The number of carbonyl (C=O) groups excluding carboxylic acids is 3. The molecule has 0 saturated heterocycles. The highest BCUT2D eigenvalue weighted by Gasteiger charge is 2.41. The molecular weight excluding hydrogens is 366 g/mol. The van der Waals surface area contributed by atoms with Crippen LogP contribution in [0.1, 0.15) is 59.9 Å². The first-order chi connectivity index (χ1) is 13.6. The Morgan fingerprint density at radius 2 is 1.34 bits per heavy atom. The van der Waals surface area contributed by atoms with Crippen molar-refractivity contribution in [1.29, 1.82) is 0 Å². The van der Waals surface area contributed by atoms with Crippen LogP contribution in [-0.4, -0.2) is 29.2 Å². The van der Waals surface area contributed by atoms with Gasteiger partial charge in [0.2, 0.25) is 0 Å². The molecule has 1 aliphatic heterocycles. The van der Waals surface area contributed by atoms with Gasteiger partial charge in [-0.2, -0.15) is 0 Å². The van der Waals surface area contributed by atoms with Crippen molar-refractivity contribution in [3.63, 3.8) is 0 Å². The molecule has 1 aromatic rings. The number of allylic oxidation sites excluding steroid dienone is 4. The Labute approximate surface area is 173 Å². The summed E-state index contributed by atoms with van der Waals surface area (Å²) in [4.78, 5) is 40.7. The Balaban J connectivity index is 2.86. The van der Waals surface area contributed by atoms with E-state index in [1.807, 2.05) is 58.0 Å². The molecule has 5 heteroatoms. The van der Waals surface area contributed by atoms with Crippen LogP contribution in [0, 0.1) is 11.8 Å². The van der Waals surface area contributed by atoms with Crippen LogP contribution in [0.15, 0.2) is 52.9 Å². The normalized spacial score (nSPS) is 15.4. The van der Waals surface area contributed by atoms with E-state index in [0.29, 0.717) is 22.5 Å². The number of amides is 1. The topological polar surface area (TPSA) is 63.7 Å². The van der Waals surface area contributed by atoms with Crippen molar-refractivity contribution in [2.24, 2.45) is 11.8 Å². The Morgan fingerprint density at radius 1 is 0.897 bits per heavy atom. The van der Waals surface area contributed by atoms with E-state index in [1.165, 1.54) is 4.90 Å². The van der Waals surface area contributed by atoms with Gasteiger partial charge in [0, 0.05) is 40.3 Å². The lowest BCUT2D eigenvalue weighted by Gasteiger charge is -2.37. The van der Waals surface area contributed by atoms with E-state index in [9.17, 15) is 14.4 Å². The summed E-state index contributed by atoms with van der Waals surface area (Å²) in [6.45, 7) is 12.8. The van der Waals surface area contributed by atoms with Gasteiger partial charge in [0.15, 0.2) is 11.6 Å². The molecule has 0 aliphatic carbocycles. The fourth-order valence-electron chi connectivity index (χ4n) is 3.76. The fraction of sp³-hybridized carbons (Fsp3) is 0.458. The van der Waals surface area contributed by atoms with Gasteiger partial charge in [0.05, 0.1) is 6.61 Å². The van der Waals surface area contributed by atoms with Gasteiger partial charge in [-0.15, -0.1) is 0 Å². The Bertz CT molecular complexity index is 818. The molecule has 0 unspecified atom stereocenters. The molecule has 5 nitrogen and oxygen atoms in total. The molecular formula is C24H31NO4. The van der Waals surface area contributed by atoms with Gasteiger partial charge < -0.3 is 4.74 Å². The summed E-state index contributed by atoms with van der Waals surface area (Å²) < 4.78 is 5.24. The minimum absolute atomic E-state index is 0.0767. The Morgan fingerprint density at radius 3 is 1.72 bits per heavy atom. The SMILES string of the molecule is CCOC(=O)N1C(C)=C(C(=O)C(C)C)C(c2ccccc2)C(C(=O)C(C)C)=C1C. The summed E-state index contributed by atoms with van der Waals surface area (Å²) >= 11 is 0. The Hall–Kier alpha value is -2.69. The second kappa shape index (κ2) is 9.21. The van der Waals surface area contributed by atoms with E-state index >= 15 is 0 Å². The zero-order chi connectivity index (χ0) is 21.9. The highest BCUT2D eigenvalue weighted by Crippen LogP contribution is 2.44. The zero-order valence-electron chi connectivity index (χ0n) is 18.4. The van der Waals surface area contributed by atoms with Crippen molar-refractivity contribution in [2.75, 3.05) is 6.61 Å². The van der Waals surface area contributed by atoms with E-state index in [4.69, 9.17) is 4.74 Å². The number of Topliss-reactive ketones (excluding diaryl/α,β-unsaturated/α-hetero) is 2. The first-order valence-electron chi connectivity index (χ1n) is 10.1. The minimum atomic E-state index is -0.572. The molecule has 1 amide bonds. The summed E-state index contributed by atoms with van der Waals surface area (Å²) in [6, 6.07) is 9.54. The number of nitrogens with zero attached hydrogens (tertiary/aromatic N) is 1. The molecule has 0 spiro atoms.